The summed E-state index contributed by atoms with van der Waals surface area (Å²) in [7, 11) is 0. The number of hydrogen-bond donors (Lipinski definition) is 0. The monoisotopic (exact) mass is 691 g/mol. The molecule has 5 heteroatoms. The lowest BCUT2D eigenvalue weighted by atomic mass is 9.93. The molecular formula is C49H29N3O2. The fraction of sp³-hybridized carbons (Fsp3) is 0. The first-order valence-corrected chi connectivity index (χ1v) is 18.0. The van der Waals surface area contributed by atoms with Crippen molar-refractivity contribution in [1.29, 1.82) is 0 Å². The van der Waals surface area contributed by atoms with Crippen LogP contribution in [-0.4, -0.2) is 15.0 Å². The molecule has 0 unspecified atom stereocenters. The van der Waals surface area contributed by atoms with Crippen molar-refractivity contribution in [3.63, 3.8) is 0 Å². The number of fused-ring (bicyclic) bond motifs is 8. The molecule has 0 aliphatic rings. The van der Waals surface area contributed by atoms with E-state index in [1.165, 1.54) is 0 Å². The summed E-state index contributed by atoms with van der Waals surface area (Å²) in [5, 5.41) is 6.45. The van der Waals surface area contributed by atoms with Crippen LogP contribution in [0.5, 0.6) is 0 Å². The van der Waals surface area contributed by atoms with Crippen LogP contribution in [0.3, 0.4) is 0 Å². The van der Waals surface area contributed by atoms with Gasteiger partial charge < -0.3 is 8.83 Å². The molecule has 0 atom stereocenters. The fourth-order valence-corrected chi connectivity index (χ4v) is 7.85. The van der Waals surface area contributed by atoms with Gasteiger partial charge in [0.25, 0.3) is 0 Å². The van der Waals surface area contributed by atoms with Crippen LogP contribution in [-0.2, 0) is 0 Å². The van der Waals surface area contributed by atoms with Gasteiger partial charge in [-0.1, -0.05) is 152 Å². The van der Waals surface area contributed by atoms with E-state index in [0.717, 1.165) is 93.6 Å². The maximum Gasteiger partial charge on any atom is 0.164 e. The van der Waals surface area contributed by atoms with E-state index < -0.39 is 0 Å². The molecule has 11 aromatic rings. The minimum atomic E-state index is 0.595. The summed E-state index contributed by atoms with van der Waals surface area (Å²) in [4.78, 5) is 15.2. The van der Waals surface area contributed by atoms with Crippen LogP contribution >= 0.6 is 0 Å². The molecule has 0 radical (unpaired) electrons. The minimum absolute atomic E-state index is 0.595. The highest BCUT2D eigenvalue weighted by atomic mass is 16.3. The topological polar surface area (TPSA) is 65.0 Å². The molecule has 3 aromatic heterocycles. The van der Waals surface area contributed by atoms with Crippen molar-refractivity contribution in [3.05, 3.63) is 176 Å². The zero-order valence-electron chi connectivity index (χ0n) is 28.9. The lowest BCUT2D eigenvalue weighted by Crippen LogP contribution is -2.00. The summed E-state index contributed by atoms with van der Waals surface area (Å²) < 4.78 is 12.8. The number of para-hydroxylation sites is 1. The molecule has 0 bridgehead atoms. The predicted molar refractivity (Wildman–Crippen MR) is 219 cm³/mol. The molecular weight excluding hydrogens is 663 g/mol. The van der Waals surface area contributed by atoms with Gasteiger partial charge in [0.1, 0.15) is 22.3 Å². The summed E-state index contributed by atoms with van der Waals surface area (Å²) in [5.74, 6) is 1.81. The van der Waals surface area contributed by atoms with Crippen molar-refractivity contribution in [2.75, 3.05) is 0 Å². The van der Waals surface area contributed by atoms with Crippen LogP contribution in [0.4, 0.5) is 0 Å². The number of furan rings is 2. The standard InChI is InChI=1S/C49H29N3O2/c1-3-13-30(14-4-1)34-20-11-24-43-44(34)40-29-39(35-17-7-8-18-36(35)46(40)54-43)31-25-27-33(28-26-31)48-50-47(32-15-5-2-6-16-32)51-49(52-48)38-21-12-23-42-45(38)37-19-9-10-22-41(37)53-42/h1-29H. The van der Waals surface area contributed by atoms with Crippen LogP contribution < -0.4 is 0 Å². The molecule has 0 saturated heterocycles. The van der Waals surface area contributed by atoms with E-state index in [4.69, 9.17) is 23.8 Å². The molecule has 5 nitrogen and oxygen atoms in total. The number of rotatable bonds is 5. The van der Waals surface area contributed by atoms with Gasteiger partial charge in [-0.05, 0) is 51.9 Å². The van der Waals surface area contributed by atoms with E-state index in [9.17, 15) is 0 Å². The Morgan fingerprint density at radius 2 is 0.796 bits per heavy atom. The molecule has 0 saturated carbocycles. The highest BCUT2D eigenvalue weighted by Gasteiger charge is 2.20. The molecule has 3 heterocycles. The predicted octanol–water partition coefficient (Wildman–Crippen LogP) is 13.2. The van der Waals surface area contributed by atoms with Crippen molar-refractivity contribution in [3.8, 4) is 56.4 Å². The zero-order chi connectivity index (χ0) is 35.6. The van der Waals surface area contributed by atoms with Crippen molar-refractivity contribution < 1.29 is 8.83 Å². The number of hydrogen-bond acceptors (Lipinski definition) is 5. The van der Waals surface area contributed by atoms with Crippen molar-refractivity contribution in [2.45, 2.75) is 0 Å². The highest BCUT2D eigenvalue weighted by Crippen LogP contribution is 2.43. The third-order valence-corrected chi connectivity index (χ3v) is 10.4. The van der Waals surface area contributed by atoms with E-state index in [2.05, 4.69) is 109 Å². The maximum atomic E-state index is 6.61. The summed E-state index contributed by atoms with van der Waals surface area (Å²) >= 11 is 0. The van der Waals surface area contributed by atoms with Gasteiger partial charge in [0, 0.05) is 43.6 Å². The van der Waals surface area contributed by atoms with Crippen molar-refractivity contribution in [2.24, 2.45) is 0 Å². The third-order valence-electron chi connectivity index (χ3n) is 10.4. The lowest BCUT2D eigenvalue weighted by molar-refractivity contribution is 0.669. The Morgan fingerprint density at radius 1 is 0.296 bits per heavy atom. The van der Waals surface area contributed by atoms with E-state index in [1.807, 2.05) is 66.7 Å². The second kappa shape index (κ2) is 12.1. The van der Waals surface area contributed by atoms with E-state index in [0.29, 0.717) is 17.5 Å². The molecule has 54 heavy (non-hydrogen) atoms. The van der Waals surface area contributed by atoms with Gasteiger partial charge in [-0.3, -0.25) is 0 Å². The lowest BCUT2D eigenvalue weighted by Gasteiger charge is -2.11. The summed E-state index contributed by atoms with van der Waals surface area (Å²) in [5.41, 5.74) is 10.7. The molecule has 0 N–H and O–H groups in total. The average Bonchev–Trinajstić information content (AvgIpc) is 3.83. The Kier molecular flexibility index (Phi) is 6.79. The summed E-state index contributed by atoms with van der Waals surface area (Å²) in [6.45, 7) is 0. The van der Waals surface area contributed by atoms with Gasteiger partial charge in [0.15, 0.2) is 17.5 Å². The van der Waals surface area contributed by atoms with E-state index >= 15 is 0 Å². The first-order valence-electron chi connectivity index (χ1n) is 18.0. The first-order chi connectivity index (χ1) is 26.8. The van der Waals surface area contributed by atoms with Crippen molar-refractivity contribution in [1.82, 2.24) is 15.0 Å². The normalized spacial score (nSPS) is 11.7. The Labute approximate surface area is 309 Å². The fourth-order valence-electron chi connectivity index (χ4n) is 7.85. The number of benzene rings is 8. The second-order valence-corrected chi connectivity index (χ2v) is 13.5. The van der Waals surface area contributed by atoms with Crippen LogP contribution in [0.2, 0.25) is 0 Å². The third kappa shape index (κ3) is 4.83. The highest BCUT2D eigenvalue weighted by molar-refractivity contribution is 6.22. The second-order valence-electron chi connectivity index (χ2n) is 13.5. The molecule has 11 rings (SSSR count). The molecule has 0 spiro atoms. The molecule has 252 valence electrons. The number of aromatic nitrogens is 3. The van der Waals surface area contributed by atoms with E-state index in [1.54, 1.807) is 0 Å². The molecule has 0 fully saturated rings. The Balaban J connectivity index is 1.08. The Morgan fingerprint density at radius 3 is 1.54 bits per heavy atom. The SMILES string of the molecule is c1ccc(-c2nc(-c3ccc(-c4cc5c(oc6cccc(-c7ccccc7)c65)c5ccccc45)cc3)nc(-c3cccc4oc5ccccc5c34)n2)cc1. The molecule has 0 aliphatic heterocycles. The van der Waals surface area contributed by atoms with Gasteiger partial charge in [-0.15, -0.1) is 0 Å². The van der Waals surface area contributed by atoms with Crippen LogP contribution in [0, 0.1) is 0 Å². The zero-order valence-corrected chi connectivity index (χ0v) is 28.9. The van der Waals surface area contributed by atoms with Crippen LogP contribution in [0.25, 0.3) is 111 Å². The molecule has 0 aliphatic carbocycles. The molecule has 0 amide bonds. The van der Waals surface area contributed by atoms with Gasteiger partial charge in [0.05, 0.1) is 0 Å². The Hall–Kier alpha value is -7.37. The molecule has 8 aromatic carbocycles. The summed E-state index contributed by atoms with van der Waals surface area (Å²) in [6.07, 6.45) is 0. The van der Waals surface area contributed by atoms with Crippen LogP contribution in [0.1, 0.15) is 0 Å². The van der Waals surface area contributed by atoms with Gasteiger partial charge in [-0.2, -0.15) is 0 Å². The largest absolute Gasteiger partial charge is 0.456 e. The van der Waals surface area contributed by atoms with Crippen LogP contribution in [0.15, 0.2) is 185 Å². The quantitative estimate of drug-likeness (QED) is 0.180. The van der Waals surface area contributed by atoms with Gasteiger partial charge >= 0.3 is 0 Å². The maximum absolute atomic E-state index is 6.61. The number of nitrogens with zero attached hydrogens (tertiary/aromatic N) is 3. The van der Waals surface area contributed by atoms with Crippen molar-refractivity contribution >= 4 is 54.6 Å². The van der Waals surface area contributed by atoms with Gasteiger partial charge in [-0.25, -0.2) is 15.0 Å². The first kappa shape index (κ1) is 30.3. The van der Waals surface area contributed by atoms with E-state index in [-0.39, 0.29) is 0 Å². The average molecular weight is 692 g/mol. The minimum Gasteiger partial charge on any atom is -0.456 e. The summed E-state index contributed by atoms with van der Waals surface area (Å²) in [6, 6.07) is 60.4. The smallest absolute Gasteiger partial charge is 0.164 e. The Bertz CT molecular complexity index is 3200. The van der Waals surface area contributed by atoms with Gasteiger partial charge in [0.2, 0.25) is 0 Å².